The lowest BCUT2D eigenvalue weighted by molar-refractivity contribution is -0.288. The first-order chi connectivity index (χ1) is 31.5. The summed E-state index contributed by atoms with van der Waals surface area (Å²) in [5, 5.41) is 3.98. The number of aromatic nitrogens is 3. The molecule has 65 heavy (non-hydrogen) atoms. The first-order valence-electron chi connectivity index (χ1n) is 21.0. The average molecular weight is 864 g/mol. The molecule has 0 unspecified atom stereocenters. The Morgan fingerprint density at radius 1 is 0.308 bits per heavy atom. The van der Waals surface area contributed by atoms with Crippen molar-refractivity contribution in [3.8, 4) is 45.0 Å². The van der Waals surface area contributed by atoms with Gasteiger partial charge in [-0.3, -0.25) is 0 Å². The van der Waals surface area contributed by atoms with Gasteiger partial charge in [-0.2, -0.15) is 26.3 Å². The molecule has 3 aromatic heterocycles. The molecule has 0 bridgehead atoms. The minimum atomic E-state index is -5.76. The number of benzene rings is 8. The van der Waals surface area contributed by atoms with Crippen molar-refractivity contribution < 1.29 is 26.3 Å². The summed E-state index contributed by atoms with van der Waals surface area (Å²) in [4.78, 5) is 4.85. The standard InChI is InChI=1S/C56H35F6N3/c57-55(58,59)54(56(60,61)62,40-25-23-36(24-26-40)39-33-48(37-13-3-1-4-14-37)63-49(34-39)38-15-5-2-6-16-38)41-27-29-42(30-28-41)64-52-22-12-9-19-46(52)47-35-43(31-32-53(47)64)65-50-20-10-7-17-44(50)45-18-8-11-21-51(45)65/h1-35H. The molecule has 9 heteroatoms. The van der Waals surface area contributed by atoms with Crippen molar-refractivity contribution in [1.29, 1.82) is 0 Å². The predicted octanol–water partition coefficient (Wildman–Crippen LogP) is 15.7. The average Bonchev–Trinajstić information content (AvgIpc) is 3.84. The molecule has 3 nitrogen and oxygen atoms in total. The second-order valence-electron chi connectivity index (χ2n) is 16.2. The Bertz CT molecular complexity index is 3430. The fourth-order valence-corrected chi connectivity index (χ4v) is 9.54. The van der Waals surface area contributed by atoms with E-state index in [9.17, 15) is 0 Å². The van der Waals surface area contributed by atoms with Crippen LogP contribution in [-0.2, 0) is 5.41 Å². The van der Waals surface area contributed by atoms with Gasteiger partial charge in [0.25, 0.3) is 0 Å². The molecular formula is C56H35F6N3. The summed E-state index contributed by atoms with van der Waals surface area (Å²) in [6.45, 7) is 0. The normalized spacial score (nSPS) is 12.5. The lowest BCUT2D eigenvalue weighted by atomic mass is 9.72. The molecule has 0 saturated carbocycles. The molecule has 0 radical (unpaired) electrons. The number of rotatable bonds is 7. The van der Waals surface area contributed by atoms with E-state index in [0.717, 1.165) is 84.7 Å². The van der Waals surface area contributed by atoms with Crippen molar-refractivity contribution >= 4 is 43.6 Å². The Hall–Kier alpha value is -7.91. The van der Waals surface area contributed by atoms with Gasteiger partial charge in [-0.05, 0) is 82.9 Å². The van der Waals surface area contributed by atoms with Crippen LogP contribution >= 0.6 is 0 Å². The van der Waals surface area contributed by atoms with Crippen molar-refractivity contribution in [1.82, 2.24) is 14.1 Å². The van der Waals surface area contributed by atoms with E-state index in [1.54, 1.807) is 12.1 Å². The summed E-state index contributed by atoms with van der Waals surface area (Å²) < 4.78 is 97.4. The third-order valence-electron chi connectivity index (χ3n) is 12.5. The summed E-state index contributed by atoms with van der Waals surface area (Å²) in [6.07, 6.45) is -11.5. The lowest BCUT2D eigenvalue weighted by Crippen LogP contribution is -2.54. The maximum absolute atomic E-state index is 15.6. The fraction of sp³-hybridized carbons (Fsp3) is 0.0536. The minimum absolute atomic E-state index is 0.416. The maximum atomic E-state index is 15.6. The van der Waals surface area contributed by atoms with Crippen LogP contribution in [0.2, 0.25) is 0 Å². The molecule has 0 fully saturated rings. The summed E-state index contributed by atoms with van der Waals surface area (Å²) in [5.74, 6) is 0. The Balaban J connectivity index is 1.01. The molecule has 8 aromatic carbocycles. The number of hydrogen-bond acceptors (Lipinski definition) is 1. The molecule has 316 valence electrons. The third-order valence-corrected chi connectivity index (χ3v) is 12.5. The van der Waals surface area contributed by atoms with Crippen LogP contribution in [0.4, 0.5) is 26.3 Å². The topological polar surface area (TPSA) is 22.8 Å². The molecule has 0 saturated heterocycles. The second kappa shape index (κ2) is 15.1. The van der Waals surface area contributed by atoms with Gasteiger partial charge in [0.15, 0.2) is 0 Å². The number of pyridine rings is 1. The Morgan fingerprint density at radius 2 is 0.692 bits per heavy atom. The monoisotopic (exact) mass is 863 g/mol. The molecule has 0 aliphatic rings. The predicted molar refractivity (Wildman–Crippen MR) is 249 cm³/mol. The van der Waals surface area contributed by atoms with Crippen molar-refractivity contribution in [2.24, 2.45) is 0 Å². The van der Waals surface area contributed by atoms with Crippen molar-refractivity contribution in [3.05, 3.63) is 223 Å². The highest BCUT2D eigenvalue weighted by molar-refractivity contribution is 6.12. The lowest BCUT2D eigenvalue weighted by Gasteiger charge is -2.38. The molecule has 11 rings (SSSR count). The fourth-order valence-electron chi connectivity index (χ4n) is 9.54. The number of hydrogen-bond donors (Lipinski definition) is 0. The van der Waals surface area contributed by atoms with Gasteiger partial charge in [-0.1, -0.05) is 152 Å². The van der Waals surface area contributed by atoms with Crippen LogP contribution in [0.3, 0.4) is 0 Å². The van der Waals surface area contributed by atoms with Crippen LogP contribution in [0.15, 0.2) is 212 Å². The van der Waals surface area contributed by atoms with Crippen molar-refractivity contribution in [2.45, 2.75) is 17.8 Å². The molecular weight excluding hydrogens is 829 g/mol. The third kappa shape index (κ3) is 6.40. The molecule has 0 amide bonds. The van der Waals surface area contributed by atoms with Crippen molar-refractivity contribution in [3.63, 3.8) is 0 Å². The maximum Gasteiger partial charge on any atom is 0.411 e. The van der Waals surface area contributed by atoms with Gasteiger partial charge in [0.05, 0.1) is 33.5 Å². The smallest absolute Gasteiger partial charge is 0.309 e. The summed E-state index contributed by atoms with van der Waals surface area (Å²) in [5.41, 5.74) is 2.55. The van der Waals surface area contributed by atoms with E-state index in [1.165, 1.54) is 24.3 Å². The SMILES string of the molecule is FC(F)(F)C(c1ccc(-c2cc(-c3ccccc3)nc(-c3ccccc3)c2)cc1)(c1ccc(-n2c3ccccc3c3cc(-n4c5ccccc5c5ccccc54)ccc32)cc1)C(F)(F)F. The molecule has 11 aromatic rings. The largest absolute Gasteiger partial charge is 0.411 e. The number of para-hydroxylation sites is 3. The quantitative estimate of drug-likeness (QED) is 0.146. The van der Waals surface area contributed by atoms with E-state index < -0.39 is 28.9 Å². The zero-order valence-corrected chi connectivity index (χ0v) is 34.3. The van der Waals surface area contributed by atoms with E-state index >= 15 is 26.3 Å². The van der Waals surface area contributed by atoms with E-state index in [0.29, 0.717) is 28.2 Å². The molecule has 0 atom stereocenters. The van der Waals surface area contributed by atoms with Gasteiger partial charge in [0.1, 0.15) is 0 Å². The summed E-state index contributed by atoms with van der Waals surface area (Å²) >= 11 is 0. The van der Waals surface area contributed by atoms with Crippen LogP contribution in [0, 0.1) is 0 Å². The van der Waals surface area contributed by atoms with Crippen LogP contribution in [0.25, 0.3) is 88.6 Å². The molecule has 3 heterocycles. The first-order valence-corrected chi connectivity index (χ1v) is 21.0. The van der Waals surface area contributed by atoms with E-state index in [2.05, 4.69) is 34.9 Å². The van der Waals surface area contributed by atoms with Gasteiger partial charge in [0.2, 0.25) is 5.41 Å². The molecule has 0 spiro atoms. The van der Waals surface area contributed by atoms with Crippen LogP contribution in [0.5, 0.6) is 0 Å². The van der Waals surface area contributed by atoms with Gasteiger partial charge >= 0.3 is 12.4 Å². The number of fused-ring (bicyclic) bond motifs is 6. The zero-order valence-electron chi connectivity index (χ0n) is 34.3. The van der Waals surface area contributed by atoms with E-state index in [-0.39, 0.29) is 0 Å². The summed E-state index contributed by atoms with van der Waals surface area (Å²) in [6, 6.07) is 61.5. The minimum Gasteiger partial charge on any atom is -0.309 e. The van der Waals surface area contributed by atoms with Crippen LogP contribution < -0.4 is 0 Å². The van der Waals surface area contributed by atoms with Gasteiger partial charge in [-0.15, -0.1) is 0 Å². The van der Waals surface area contributed by atoms with Gasteiger partial charge in [-0.25, -0.2) is 4.98 Å². The first kappa shape index (κ1) is 39.9. The molecule has 0 aliphatic heterocycles. The number of halogens is 6. The van der Waals surface area contributed by atoms with Crippen LogP contribution in [0.1, 0.15) is 11.1 Å². The van der Waals surface area contributed by atoms with E-state index in [1.807, 2.05) is 126 Å². The van der Waals surface area contributed by atoms with Crippen molar-refractivity contribution in [2.75, 3.05) is 0 Å². The Morgan fingerprint density at radius 3 is 1.17 bits per heavy atom. The van der Waals surface area contributed by atoms with Crippen LogP contribution in [-0.4, -0.2) is 26.5 Å². The highest BCUT2D eigenvalue weighted by Crippen LogP contribution is 2.56. The van der Waals surface area contributed by atoms with Gasteiger partial charge < -0.3 is 9.13 Å². The zero-order chi connectivity index (χ0) is 44.5. The number of alkyl halides is 6. The summed E-state index contributed by atoms with van der Waals surface area (Å²) in [7, 11) is 0. The molecule has 0 aliphatic carbocycles. The highest BCUT2D eigenvalue weighted by atomic mass is 19.4. The highest BCUT2D eigenvalue weighted by Gasteiger charge is 2.72. The second-order valence-corrected chi connectivity index (χ2v) is 16.2. The number of nitrogens with zero attached hydrogens (tertiary/aromatic N) is 3. The van der Waals surface area contributed by atoms with E-state index in [4.69, 9.17) is 4.98 Å². The Kier molecular flexibility index (Phi) is 9.29. The molecule has 0 N–H and O–H groups in total. The Labute approximate surface area is 369 Å². The van der Waals surface area contributed by atoms with Gasteiger partial charge in [0, 0.05) is 44.0 Å².